The van der Waals surface area contributed by atoms with Crippen molar-refractivity contribution in [2.24, 2.45) is 0 Å². The summed E-state index contributed by atoms with van der Waals surface area (Å²) in [4.78, 5) is 35.2. The van der Waals surface area contributed by atoms with Gasteiger partial charge in [0, 0.05) is 0 Å². The Hall–Kier alpha value is -2.03. The van der Waals surface area contributed by atoms with E-state index in [4.69, 9.17) is 0 Å². The molecule has 160 valence electrons. The maximum atomic E-state index is 11.7. The van der Waals surface area contributed by atoms with Crippen LogP contribution in [-0.2, 0) is 10.8 Å². The summed E-state index contributed by atoms with van der Waals surface area (Å²) in [6, 6.07) is 22.4. The molecule has 3 aromatic carbocycles. The van der Waals surface area contributed by atoms with Crippen molar-refractivity contribution < 1.29 is 14.7 Å². The van der Waals surface area contributed by atoms with Gasteiger partial charge in [0.15, 0.2) is 0 Å². The molecule has 3 N–H and O–H groups in total. The molecule has 0 saturated heterocycles. The monoisotopic (exact) mass is 424 g/mol. The molecule has 0 unspecified atom stereocenters. The van der Waals surface area contributed by atoms with Gasteiger partial charge < -0.3 is 0 Å². The van der Waals surface area contributed by atoms with Crippen molar-refractivity contribution in [3.05, 3.63) is 83.9 Å². The first kappa shape index (κ1) is 22.7. The molecule has 0 aliphatic rings. The molecular weight excluding hydrogens is 391 g/mol. The quantitative estimate of drug-likeness (QED) is 0.508. The fraction of sp³-hybridized carbons (Fsp3) is 0.308. The van der Waals surface area contributed by atoms with E-state index >= 15 is 0 Å². The third kappa shape index (κ3) is 4.22. The standard InChI is InChI=1S/C26H33O3P/c1-25(2,3)22-16-11-17-23(26(4,5)6)24(22)30(27,28,29)21-15-10-14-20(18-21)19-12-8-7-9-13-19/h7-18,27-29H,1-6H3. The molecule has 3 nitrogen and oxygen atoms in total. The zero-order valence-electron chi connectivity index (χ0n) is 18.7. The Kier molecular flexibility index (Phi) is 5.50. The van der Waals surface area contributed by atoms with E-state index < -0.39 is 7.28 Å². The number of hydrogen-bond donors (Lipinski definition) is 3. The summed E-state index contributed by atoms with van der Waals surface area (Å²) in [6.45, 7) is 12.1. The minimum atomic E-state index is -5.43. The molecule has 3 rings (SSSR count). The molecule has 0 bridgehead atoms. The first-order valence-electron chi connectivity index (χ1n) is 10.3. The second-order valence-electron chi connectivity index (χ2n) is 10.1. The molecule has 4 heteroatoms. The van der Waals surface area contributed by atoms with E-state index in [0.29, 0.717) is 0 Å². The van der Waals surface area contributed by atoms with Crippen LogP contribution in [0.5, 0.6) is 0 Å². The van der Waals surface area contributed by atoms with E-state index in [-0.39, 0.29) is 21.4 Å². The Morgan fingerprint density at radius 2 is 1.03 bits per heavy atom. The van der Waals surface area contributed by atoms with Crippen molar-refractivity contribution in [2.75, 3.05) is 0 Å². The topological polar surface area (TPSA) is 60.7 Å². The van der Waals surface area contributed by atoms with E-state index in [0.717, 1.165) is 22.3 Å². The van der Waals surface area contributed by atoms with Crippen LogP contribution in [0.4, 0.5) is 0 Å². The molecule has 30 heavy (non-hydrogen) atoms. The van der Waals surface area contributed by atoms with Crippen LogP contribution in [-0.4, -0.2) is 14.7 Å². The molecule has 0 aromatic heterocycles. The predicted octanol–water partition coefficient (Wildman–Crippen LogP) is 5.17. The van der Waals surface area contributed by atoms with Crippen molar-refractivity contribution in [3.8, 4) is 11.1 Å². The fourth-order valence-electron chi connectivity index (χ4n) is 3.90. The van der Waals surface area contributed by atoms with Crippen LogP contribution >= 0.6 is 7.28 Å². The van der Waals surface area contributed by atoms with Gasteiger partial charge >= 0.3 is 180 Å². The molecule has 0 atom stereocenters. The van der Waals surface area contributed by atoms with Crippen LogP contribution in [0.3, 0.4) is 0 Å². The molecule has 0 saturated carbocycles. The first-order chi connectivity index (χ1) is 13.7. The molecule has 0 amide bonds. The summed E-state index contributed by atoms with van der Waals surface area (Å²) >= 11 is 0. The predicted molar refractivity (Wildman–Crippen MR) is 129 cm³/mol. The average Bonchev–Trinajstić information content (AvgIpc) is 2.66. The minimum absolute atomic E-state index is 0.143. The van der Waals surface area contributed by atoms with Gasteiger partial charge in [0.05, 0.1) is 0 Å². The second kappa shape index (κ2) is 7.28. The van der Waals surface area contributed by atoms with Gasteiger partial charge in [-0.1, -0.05) is 0 Å². The van der Waals surface area contributed by atoms with E-state index in [1.165, 1.54) is 0 Å². The van der Waals surface area contributed by atoms with Gasteiger partial charge in [0.25, 0.3) is 0 Å². The summed E-state index contributed by atoms with van der Waals surface area (Å²) in [7, 11) is -5.43. The molecule has 0 spiro atoms. The summed E-state index contributed by atoms with van der Waals surface area (Å²) in [5.41, 5.74) is 2.49. The summed E-state index contributed by atoms with van der Waals surface area (Å²) in [5, 5.41) is 0.401. The van der Waals surface area contributed by atoms with E-state index in [2.05, 4.69) is 0 Å². The SMILES string of the molecule is CC(C)(C)c1cccc(C(C)(C)C)c1P(O)(O)(O)c1cccc(-c2ccccc2)c1. The molecule has 0 fully saturated rings. The molecular formula is C26H33O3P. The van der Waals surface area contributed by atoms with Crippen molar-refractivity contribution in [2.45, 2.75) is 52.4 Å². The maximum absolute atomic E-state index is 11.7. The van der Waals surface area contributed by atoms with Gasteiger partial charge in [-0.15, -0.1) is 0 Å². The Labute approximate surface area is 180 Å². The molecule has 0 heterocycles. The zero-order valence-corrected chi connectivity index (χ0v) is 19.6. The Bertz CT molecular complexity index is 1020. The van der Waals surface area contributed by atoms with E-state index in [9.17, 15) is 14.7 Å². The zero-order chi connectivity index (χ0) is 22.4. The molecule has 3 aromatic rings. The third-order valence-electron chi connectivity index (χ3n) is 5.49. The normalized spacial score (nSPS) is 14.2. The van der Waals surface area contributed by atoms with Gasteiger partial charge in [0.1, 0.15) is 0 Å². The van der Waals surface area contributed by atoms with Gasteiger partial charge in [-0.05, 0) is 0 Å². The number of hydrogen-bond acceptors (Lipinski definition) is 3. The van der Waals surface area contributed by atoms with Crippen LogP contribution in [0.15, 0.2) is 72.8 Å². The Morgan fingerprint density at radius 3 is 1.53 bits per heavy atom. The van der Waals surface area contributed by atoms with E-state index in [1.54, 1.807) is 18.2 Å². The Morgan fingerprint density at radius 1 is 0.567 bits per heavy atom. The Balaban J connectivity index is 2.34. The van der Waals surface area contributed by atoms with Gasteiger partial charge in [-0.2, -0.15) is 0 Å². The molecule has 0 aliphatic heterocycles. The van der Waals surface area contributed by atoms with E-state index in [1.807, 2.05) is 96.1 Å². The van der Waals surface area contributed by atoms with Gasteiger partial charge in [-0.3, -0.25) is 0 Å². The van der Waals surface area contributed by atoms with Crippen LogP contribution in [0.1, 0.15) is 52.7 Å². The summed E-state index contributed by atoms with van der Waals surface area (Å²) in [5.74, 6) is 0. The van der Waals surface area contributed by atoms with Gasteiger partial charge in [0.2, 0.25) is 0 Å². The van der Waals surface area contributed by atoms with Crippen LogP contribution in [0, 0.1) is 0 Å². The molecule has 0 radical (unpaired) electrons. The number of rotatable bonds is 3. The van der Waals surface area contributed by atoms with Crippen LogP contribution in [0.2, 0.25) is 0 Å². The molecule has 0 aliphatic carbocycles. The average molecular weight is 425 g/mol. The van der Waals surface area contributed by atoms with Crippen LogP contribution in [0.25, 0.3) is 11.1 Å². The summed E-state index contributed by atoms with van der Waals surface area (Å²) < 4.78 is 0. The number of benzene rings is 3. The fourth-order valence-corrected chi connectivity index (χ4v) is 6.60. The van der Waals surface area contributed by atoms with Gasteiger partial charge in [-0.25, -0.2) is 0 Å². The van der Waals surface area contributed by atoms with Crippen molar-refractivity contribution in [1.82, 2.24) is 0 Å². The summed E-state index contributed by atoms with van der Waals surface area (Å²) in [6.07, 6.45) is 0. The van der Waals surface area contributed by atoms with Crippen molar-refractivity contribution in [1.29, 1.82) is 0 Å². The third-order valence-corrected chi connectivity index (χ3v) is 8.03. The van der Waals surface area contributed by atoms with Crippen molar-refractivity contribution in [3.63, 3.8) is 0 Å². The first-order valence-corrected chi connectivity index (χ1v) is 12.4. The van der Waals surface area contributed by atoms with Crippen molar-refractivity contribution >= 4 is 17.9 Å². The van der Waals surface area contributed by atoms with Crippen LogP contribution < -0.4 is 10.6 Å². The second-order valence-corrected chi connectivity index (χ2v) is 13.0.